The van der Waals surface area contributed by atoms with Crippen LogP contribution in [0.2, 0.25) is 0 Å². The number of carbonyl (C=O) groups is 1. The third-order valence-electron chi connectivity index (χ3n) is 3.38. The molecule has 0 aromatic carbocycles. The number of nitrogens with one attached hydrogen (secondary N) is 2. The van der Waals surface area contributed by atoms with Crippen molar-refractivity contribution >= 4 is 5.91 Å². The second-order valence-electron chi connectivity index (χ2n) is 4.98. The van der Waals surface area contributed by atoms with Gasteiger partial charge in [0.15, 0.2) is 0 Å². The largest absolute Gasteiger partial charge is 0.356 e. The van der Waals surface area contributed by atoms with Crippen LogP contribution in [0.4, 0.5) is 0 Å². The Bertz CT molecular complexity index is 407. The van der Waals surface area contributed by atoms with E-state index in [1.54, 1.807) is 0 Å². The zero-order valence-corrected chi connectivity index (χ0v) is 11.2. The molecule has 18 heavy (non-hydrogen) atoms. The molecule has 0 saturated carbocycles. The molecule has 5 nitrogen and oxygen atoms in total. The fraction of sp³-hybridized carbons (Fsp3) is 0.692. The average molecular weight is 250 g/mol. The topological polar surface area (TPSA) is 59.0 Å². The molecule has 2 heterocycles. The normalized spacial score (nSPS) is 19.1. The number of aromatic nitrogens is 2. The summed E-state index contributed by atoms with van der Waals surface area (Å²) in [6.07, 6.45) is 1.89. The molecule has 2 N–H and O–H groups in total. The minimum absolute atomic E-state index is 0.165. The van der Waals surface area contributed by atoms with Crippen LogP contribution in [0.1, 0.15) is 24.2 Å². The van der Waals surface area contributed by atoms with E-state index in [-0.39, 0.29) is 11.8 Å². The molecule has 0 spiro atoms. The highest BCUT2D eigenvalue weighted by Crippen LogP contribution is 2.07. The van der Waals surface area contributed by atoms with E-state index in [0.29, 0.717) is 0 Å². The van der Waals surface area contributed by atoms with E-state index in [1.807, 2.05) is 11.6 Å². The van der Waals surface area contributed by atoms with Crippen LogP contribution < -0.4 is 10.6 Å². The van der Waals surface area contributed by atoms with Crippen LogP contribution in [0, 0.1) is 19.8 Å². The van der Waals surface area contributed by atoms with Crippen molar-refractivity contribution in [1.82, 2.24) is 20.4 Å². The van der Waals surface area contributed by atoms with Gasteiger partial charge in [0.1, 0.15) is 0 Å². The number of hydrogen-bond acceptors (Lipinski definition) is 3. The number of hydrogen-bond donors (Lipinski definition) is 2. The quantitative estimate of drug-likeness (QED) is 0.753. The van der Waals surface area contributed by atoms with Gasteiger partial charge in [-0.05, 0) is 39.3 Å². The monoisotopic (exact) mass is 250 g/mol. The lowest BCUT2D eigenvalue weighted by Gasteiger charge is -2.10. The number of carbonyl (C=O) groups excluding carboxylic acids is 1. The molecular weight excluding hydrogens is 228 g/mol. The van der Waals surface area contributed by atoms with Crippen LogP contribution in [0.5, 0.6) is 0 Å². The fourth-order valence-corrected chi connectivity index (χ4v) is 2.36. The van der Waals surface area contributed by atoms with Crippen molar-refractivity contribution in [2.75, 3.05) is 19.6 Å². The van der Waals surface area contributed by atoms with Gasteiger partial charge in [-0.2, -0.15) is 5.10 Å². The Morgan fingerprint density at radius 2 is 2.44 bits per heavy atom. The Morgan fingerprint density at radius 1 is 1.61 bits per heavy atom. The zero-order valence-electron chi connectivity index (χ0n) is 11.2. The summed E-state index contributed by atoms with van der Waals surface area (Å²) >= 11 is 0. The minimum atomic E-state index is 0.165. The highest BCUT2D eigenvalue weighted by Gasteiger charge is 2.21. The lowest BCUT2D eigenvalue weighted by atomic mass is 10.1. The second kappa shape index (κ2) is 6.00. The Morgan fingerprint density at radius 3 is 3.06 bits per heavy atom. The van der Waals surface area contributed by atoms with E-state index in [0.717, 1.165) is 44.7 Å². The van der Waals surface area contributed by atoms with Gasteiger partial charge >= 0.3 is 0 Å². The summed E-state index contributed by atoms with van der Waals surface area (Å²) in [5, 5.41) is 10.6. The van der Waals surface area contributed by atoms with E-state index in [1.165, 1.54) is 5.69 Å². The van der Waals surface area contributed by atoms with E-state index in [4.69, 9.17) is 0 Å². The predicted octanol–water partition coefficient (Wildman–Crippen LogP) is 0.616. The van der Waals surface area contributed by atoms with Crippen molar-refractivity contribution in [3.63, 3.8) is 0 Å². The van der Waals surface area contributed by atoms with Crippen LogP contribution in [0.25, 0.3) is 0 Å². The summed E-state index contributed by atoms with van der Waals surface area (Å²) < 4.78 is 2.00. The summed E-state index contributed by atoms with van der Waals surface area (Å²) in [5.74, 6) is 0.354. The van der Waals surface area contributed by atoms with Crippen molar-refractivity contribution in [3.05, 3.63) is 17.5 Å². The van der Waals surface area contributed by atoms with Gasteiger partial charge in [-0.1, -0.05) is 0 Å². The fourth-order valence-electron chi connectivity index (χ4n) is 2.36. The third kappa shape index (κ3) is 3.32. The second-order valence-corrected chi connectivity index (χ2v) is 4.98. The number of aryl methyl sites for hydroxylation is 3. The van der Waals surface area contributed by atoms with Gasteiger partial charge < -0.3 is 10.6 Å². The van der Waals surface area contributed by atoms with Gasteiger partial charge in [0, 0.05) is 25.3 Å². The molecule has 1 fully saturated rings. The SMILES string of the molecule is Cc1cc(C)n(CCCNC(=O)C2CCNC2)n1. The van der Waals surface area contributed by atoms with Crippen molar-refractivity contribution in [2.24, 2.45) is 5.92 Å². The number of nitrogens with zero attached hydrogens (tertiary/aromatic N) is 2. The Balaban J connectivity index is 1.66. The first-order chi connectivity index (χ1) is 8.66. The van der Waals surface area contributed by atoms with Gasteiger partial charge in [-0.25, -0.2) is 0 Å². The molecule has 100 valence electrons. The van der Waals surface area contributed by atoms with Gasteiger partial charge in [0.2, 0.25) is 5.91 Å². The third-order valence-corrected chi connectivity index (χ3v) is 3.38. The molecule has 1 aliphatic rings. The molecule has 1 aromatic rings. The molecule has 1 aliphatic heterocycles. The molecule has 2 rings (SSSR count). The Kier molecular flexibility index (Phi) is 4.36. The summed E-state index contributed by atoms with van der Waals surface area (Å²) in [7, 11) is 0. The molecule has 0 bridgehead atoms. The van der Waals surface area contributed by atoms with Crippen LogP contribution in [0.15, 0.2) is 6.07 Å². The predicted molar refractivity (Wildman–Crippen MR) is 70.3 cm³/mol. The minimum Gasteiger partial charge on any atom is -0.356 e. The van der Waals surface area contributed by atoms with Gasteiger partial charge in [0.25, 0.3) is 0 Å². The molecule has 0 aliphatic carbocycles. The zero-order chi connectivity index (χ0) is 13.0. The first-order valence-electron chi connectivity index (χ1n) is 6.66. The van der Waals surface area contributed by atoms with Crippen molar-refractivity contribution in [1.29, 1.82) is 0 Å². The molecule has 5 heteroatoms. The van der Waals surface area contributed by atoms with E-state index in [9.17, 15) is 4.79 Å². The van der Waals surface area contributed by atoms with Gasteiger partial charge in [0.05, 0.1) is 11.6 Å². The van der Waals surface area contributed by atoms with Crippen LogP contribution in [-0.4, -0.2) is 35.3 Å². The Labute approximate surface area is 108 Å². The maximum Gasteiger partial charge on any atom is 0.224 e. The summed E-state index contributed by atoms with van der Waals surface area (Å²) in [5.41, 5.74) is 2.23. The number of rotatable bonds is 5. The molecule has 1 saturated heterocycles. The lowest BCUT2D eigenvalue weighted by Crippen LogP contribution is -2.33. The molecule has 1 amide bonds. The first kappa shape index (κ1) is 13.1. The van der Waals surface area contributed by atoms with Crippen LogP contribution in [0.3, 0.4) is 0 Å². The first-order valence-corrected chi connectivity index (χ1v) is 6.66. The lowest BCUT2D eigenvalue weighted by molar-refractivity contribution is -0.124. The molecular formula is C13H22N4O. The Hall–Kier alpha value is -1.36. The molecule has 1 aromatic heterocycles. The van der Waals surface area contributed by atoms with Gasteiger partial charge in [-0.3, -0.25) is 9.48 Å². The molecule has 1 unspecified atom stereocenters. The van der Waals surface area contributed by atoms with E-state index < -0.39 is 0 Å². The van der Waals surface area contributed by atoms with Gasteiger partial charge in [-0.15, -0.1) is 0 Å². The summed E-state index contributed by atoms with van der Waals surface area (Å²) in [6, 6.07) is 2.07. The van der Waals surface area contributed by atoms with Crippen molar-refractivity contribution < 1.29 is 4.79 Å². The molecule has 1 atom stereocenters. The molecule has 0 radical (unpaired) electrons. The van der Waals surface area contributed by atoms with E-state index in [2.05, 4.69) is 28.7 Å². The maximum absolute atomic E-state index is 11.8. The standard InChI is InChI=1S/C13H22N4O/c1-10-8-11(2)17(16-10)7-3-5-15-13(18)12-4-6-14-9-12/h8,12,14H,3-7,9H2,1-2H3,(H,15,18). The highest BCUT2D eigenvalue weighted by molar-refractivity contribution is 5.79. The van der Waals surface area contributed by atoms with E-state index >= 15 is 0 Å². The smallest absolute Gasteiger partial charge is 0.224 e. The van der Waals surface area contributed by atoms with Crippen LogP contribution in [-0.2, 0) is 11.3 Å². The highest BCUT2D eigenvalue weighted by atomic mass is 16.1. The maximum atomic E-state index is 11.8. The van der Waals surface area contributed by atoms with Crippen LogP contribution >= 0.6 is 0 Å². The number of amides is 1. The van der Waals surface area contributed by atoms with Crippen molar-refractivity contribution in [3.8, 4) is 0 Å². The van der Waals surface area contributed by atoms with Crippen molar-refractivity contribution in [2.45, 2.75) is 33.2 Å². The summed E-state index contributed by atoms with van der Waals surface area (Å²) in [6.45, 7) is 7.44. The average Bonchev–Trinajstić information content (AvgIpc) is 2.94. The summed E-state index contributed by atoms with van der Waals surface area (Å²) in [4.78, 5) is 11.8.